The molecular weight excluding hydrogens is 292 g/mol. The van der Waals surface area contributed by atoms with E-state index in [1.54, 1.807) is 12.1 Å². The SMILES string of the molecule is C[C@H](O)[C@@H](O)[C@@H](O)[C@H](O)CCCOc1ccccc1C(=O)O. The molecule has 5 N–H and O–H groups in total. The van der Waals surface area contributed by atoms with Crippen molar-refractivity contribution in [3.63, 3.8) is 0 Å². The summed E-state index contributed by atoms with van der Waals surface area (Å²) >= 11 is 0. The van der Waals surface area contributed by atoms with Gasteiger partial charge in [-0.2, -0.15) is 0 Å². The second-order valence-corrected chi connectivity index (χ2v) is 5.08. The predicted molar refractivity (Wildman–Crippen MR) is 77.8 cm³/mol. The molecule has 0 aromatic heterocycles. The lowest BCUT2D eigenvalue weighted by atomic mass is 10.0. The highest BCUT2D eigenvalue weighted by Crippen LogP contribution is 2.18. The molecule has 0 saturated heterocycles. The van der Waals surface area contributed by atoms with Crippen LogP contribution in [0.15, 0.2) is 24.3 Å². The lowest BCUT2D eigenvalue weighted by Gasteiger charge is -2.24. The molecule has 0 bridgehead atoms. The number of rotatable bonds is 9. The first-order valence-electron chi connectivity index (χ1n) is 7.02. The van der Waals surface area contributed by atoms with Gasteiger partial charge in [-0.1, -0.05) is 12.1 Å². The summed E-state index contributed by atoms with van der Waals surface area (Å²) in [4.78, 5) is 11.0. The fourth-order valence-electron chi connectivity index (χ4n) is 1.93. The molecule has 0 unspecified atom stereocenters. The Morgan fingerprint density at radius 1 is 1.14 bits per heavy atom. The summed E-state index contributed by atoms with van der Waals surface area (Å²) < 4.78 is 5.35. The lowest BCUT2D eigenvalue weighted by molar-refractivity contribution is -0.102. The van der Waals surface area contributed by atoms with Gasteiger partial charge < -0.3 is 30.3 Å². The van der Waals surface area contributed by atoms with E-state index in [1.165, 1.54) is 19.1 Å². The minimum absolute atomic E-state index is 0.0487. The minimum atomic E-state index is -1.45. The summed E-state index contributed by atoms with van der Waals surface area (Å²) in [5.74, 6) is -0.861. The van der Waals surface area contributed by atoms with Crippen LogP contribution in [-0.4, -0.2) is 62.5 Å². The summed E-state index contributed by atoms with van der Waals surface area (Å²) in [6, 6.07) is 6.20. The van der Waals surface area contributed by atoms with Crippen molar-refractivity contribution in [3.8, 4) is 5.75 Å². The average molecular weight is 314 g/mol. The Bertz CT molecular complexity index is 475. The van der Waals surface area contributed by atoms with Gasteiger partial charge in [-0.3, -0.25) is 0 Å². The smallest absolute Gasteiger partial charge is 0.339 e. The highest BCUT2D eigenvalue weighted by molar-refractivity contribution is 5.90. The maximum atomic E-state index is 11.0. The number of para-hydroxylation sites is 1. The Morgan fingerprint density at radius 3 is 2.36 bits per heavy atom. The van der Waals surface area contributed by atoms with Crippen molar-refractivity contribution in [1.29, 1.82) is 0 Å². The number of aliphatic hydroxyl groups excluding tert-OH is 4. The van der Waals surface area contributed by atoms with E-state index in [0.717, 1.165) is 0 Å². The molecule has 124 valence electrons. The second-order valence-electron chi connectivity index (χ2n) is 5.08. The fourth-order valence-corrected chi connectivity index (χ4v) is 1.93. The van der Waals surface area contributed by atoms with E-state index in [1.807, 2.05) is 0 Å². The molecule has 0 radical (unpaired) electrons. The molecule has 1 aromatic rings. The molecule has 0 aliphatic carbocycles. The van der Waals surface area contributed by atoms with Crippen molar-refractivity contribution >= 4 is 5.97 Å². The molecule has 0 amide bonds. The van der Waals surface area contributed by atoms with Crippen LogP contribution >= 0.6 is 0 Å². The van der Waals surface area contributed by atoms with Crippen LogP contribution in [0.2, 0.25) is 0 Å². The zero-order valence-corrected chi connectivity index (χ0v) is 12.3. The van der Waals surface area contributed by atoms with Crippen LogP contribution < -0.4 is 4.74 Å². The molecule has 7 heteroatoms. The Kier molecular flexibility index (Phi) is 7.26. The number of benzene rings is 1. The topological polar surface area (TPSA) is 127 Å². The third kappa shape index (κ3) is 5.27. The van der Waals surface area contributed by atoms with Crippen molar-refractivity contribution in [1.82, 2.24) is 0 Å². The molecule has 1 aromatic carbocycles. The van der Waals surface area contributed by atoms with Crippen LogP contribution in [0.4, 0.5) is 0 Å². The van der Waals surface area contributed by atoms with Gasteiger partial charge in [0.05, 0.1) is 18.8 Å². The standard InChI is InChI=1S/C15H22O7/c1-9(16)13(18)14(19)11(17)6-4-8-22-12-7-3-2-5-10(12)15(20)21/h2-3,5,7,9,11,13-14,16-19H,4,6,8H2,1H3,(H,20,21)/t9-,11+,13+,14-/m0/s1. The Hall–Kier alpha value is -1.67. The fraction of sp³-hybridized carbons (Fsp3) is 0.533. The molecule has 0 aliphatic rings. The van der Waals surface area contributed by atoms with Crippen molar-refractivity contribution < 1.29 is 35.1 Å². The Morgan fingerprint density at radius 2 is 1.77 bits per heavy atom. The van der Waals surface area contributed by atoms with E-state index < -0.39 is 30.4 Å². The van der Waals surface area contributed by atoms with E-state index in [4.69, 9.17) is 14.9 Å². The zero-order valence-electron chi connectivity index (χ0n) is 12.3. The molecule has 0 fully saturated rings. The van der Waals surface area contributed by atoms with Crippen LogP contribution in [0.3, 0.4) is 0 Å². The van der Waals surface area contributed by atoms with E-state index in [2.05, 4.69) is 0 Å². The monoisotopic (exact) mass is 314 g/mol. The lowest BCUT2D eigenvalue weighted by Crippen LogP contribution is -2.43. The highest BCUT2D eigenvalue weighted by atomic mass is 16.5. The Balaban J connectivity index is 2.41. The zero-order chi connectivity index (χ0) is 16.7. The van der Waals surface area contributed by atoms with Gasteiger partial charge in [-0.15, -0.1) is 0 Å². The predicted octanol–water partition coefficient (Wildman–Crippen LogP) is 0.00730. The summed E-state index contributed by atoms with van der Waals surface area (Å²) in [5.41, 5.74) is 0.0487. The van der Waals surface area contributed by atoms with Crippen LogP contribution in [0, 0.1) is 0 Å². The van der Waals surface area contributed by atoms with Crippen molar-refractivity contribution in [3.05, 3.63) is 29.8 Å². The molecule has 7 nitrogen and oxygen atoms in total. The summed E-state index contributed by atoms with van der Waals surface area (Å²) in [5, 5.41) is 46.9. The van der Waals surface area contributed by atoms with Gasteiger partial charge in [0.2, 0.25) is 0 Å². The van der Waals surface area contributed by atoms with E-state index in [9.17, 15) is 20.1 Å². The normalized spacial score (nSPS) is 16.6. The first kappa shape index (κ1) is 18.4. The van der Waals surface area contributed by atoms with Crippen molar-refractivity contribution in [2.45, 2.75) is 44.2 Å². The number of hydrogen-bond donors (Lipinski definition) is 5. The maximum Gasteiger partial charge on any atom is 0.339 e. The Labute approximate surface area is 128 Å². The first-order valence-corrected chi connectivity index (χ1v) is 7.02. The average Bonchev–Trinajstić information content (AvgIpc) is 2.49. The van der Waals surface area contributed by atoms with Crippen LogP contribution in [0.25, 0.3) is 0 Å². The third-order valence-corrected chi connectivity index (χ3v) is 3.26. The number of aromatic carboxylic acids is 1. The molecule has 0 heterocycles. The van der Waals surface area contributed by atoms with Gasteiger partial charge in [0.25, 0.3) is 0 Å². The van der Waals surface area contributed by atoms with E-state index in [-0.39, 0.29) is 24.3 Å². The molecule has 4 atom stereocenters. The summed E-state index contributed by atoms with van der Waals surface area (Å²) in [7, 11) is 0. The summed E-state index contributed by atoms with van der Waals surface area (Å²) in [6.07, 6.45) is -4.75. The first-order chi connectivity index (χ1) is 10.3. The largest absolute Gasteiger partial charge is 0.493 e. The maximum absolute atomic E-state index is 11.0. The number of carboxylic acid groups (broad SMARTS) is 1. The van der Waals surface area contributed by atoms with Crippen molar-refractivity contribution in [2.24, 2.45) is 0 Å². The van der Waals surface area contributed by atoms with E-state index in [0.29, 0.717) is 6.42 Å². The molecule has 0 aliphatic heterocycles. The molecule has 1 rings (SSSR count). The number of ether oxygens (including phenoxy) is 1. The molecule has 0 saturated carbocycles. The van der Waals surface area contributed by atoms with Gasteiger partial charge in [-0.05, 0) is 31.9 Å². The quantitative estimate of drug-likeness (QED) is 0.406. The third-order valence-electron chi connectivity index (χ3n) is 3.26. The van der Waals surface area contributed by atoms with Gasteiger partial charge in [-0.25, -0.2) is 4.79 Å². The molecule has 0 spiro atoms. The van der Waals surface area contributed by atoms with Crippen LogP contribution in [0.5, 0.6) is 5.75 Å². The van der Waals surface area contributed by atoms with Gasteiger partial charge in [0.1, 0.15) is 23.5 Å². The minimum Gasteiger partial charge on any atom is -0.493 e. The molecular formula is C15H22O7. The van der Waals surface area contributed by atoms with Crippen molar-refractivity contribution in [2.75, 3.05) is 6.61 Å². The number of aliphatic hydroxyl groups is 4. The van der Waals surface area contributed by atoms with E-state index >= 15 is 0 Å². The van der Waals surface area contributed by atoms with Crippen LogP contribution in [0.1, 0.15) is 30.1 Å². The van der Waals surface area contributed by atoms with Gasteiger partial charge in [0.15, 0.2) is 0 Å². The summed E-state index contributed by atoms with van der Waals surface area (Å²) in [6.45, 7) is 1.46. The second kappa shape index (κ2) is 8.70. The number of hydrogen-bond acceptors (Lipinski definition) is 6. The highest BCUT2D eigenvalue weighted by Gasteiger charge is 2.27. The number of carboxylic acids is 1. The van der Waals surface area contributed by atoms with Gasteiger partial charge >= 0.3 is 5.97 Å². The number of carbonyl (C=O) groups is 1. The van der Waals surface area contributed by atoms with Crippen LogP contribution in [-0.2, 0) is 0 Å². The molecule has 22 heavy (non-hydrogen) atoms. The van der Waals surface area contributed by atoms with Gasteiger partial charge in [0, 0.05) is 0 Å².